The second kappa shape index (κ2) is 4.22. The fourth-order valence-electron chi connectivity index (χ4n) is 3.22. The van der Waals surface area contributed by atoms with E-state index >= 15 is 0 Å². The van der Waals surface area contributed by atoms with E-state index in [1.807, 2.05) is 0 Å². The van der Waals surface area contributed by atoms with E-state index in [0.717, 1.165) is 5.92 Å². The molecule has 1 N–H and O–H groups in total. The molecule has 0 radical (unpaired) electrons. The molecular formula is C13H26O. The Bertz CT molecular complexity index is 184. The minimum atomic E-state index is -0.1000. The van der Waals surface area contributed by atoms with Crippen molar-refractivity contribution in [3.05, 3.63) is 0 Å². The Morgan fingerprint density at radius 3 is 2.21 bits per heavy atom. The molecule has 1 fully saturated rings. The van der Waals surface area contributed by atoms with Crippen LogP contribution in [0.4, 0.5) is 0 Å². The van der Waals surface area contributed by atoms with Gasteiger partial charge in [-0.25, -0.2) is 0 Å². The molecule has 1 aliphatic rings. The summed E-state index contributed by atoms with van der Waals surface area (Å²) in [5.74, 6) is 1.70. The summed E-state index contributed by atoms with van der Waals surface area (Å²) < 4.78 is 0. The average Bonchev–Trinajstić information content (AvgIpc) is 1.98. The van der Waals surface area contributed by atoms with Gasteiger partial charge >= 0.3 is 0 Å². The predicted molar refractivity (Wildman–Crippen MR) is 61.1 cm³/mol. The molecule has 0 spiro atoms. The number of aliphatic hydroxyl groups is 1. The predicted octanol–water partition coefficient (Wildman–Crippen LogP) is 3.47. The van der Waals surface area contributed by atoms with Crippen LogP contribution in [0.3, 0.4) is 0 Å². The average molecular weight is 198 g/mol. The van der Waals surface area contributed by atoms with E-state index in [2.05, 4.69) is 34.6 Å². The van der Waals surface area contributed by atoms with Crippen molar-refractivity contribution in [1.29, 1.82) is 0 Å². The largest absolute Gasteiger partial charge is 0.393 e. The summed E-state index contributed by atoms with van der Waals surface area (Å²) in [5, 5.41) is 10.1. The molecule has 0 aliphatic heterocycles. The Kier molecular flexibility index (Phi) is 3.63. The topological polar surface area (TPSA) is 20.2 Å². The first-order chi connectivity index (χ1) is 6.32. The Hall–Kier alpha value is -0.0400. The molecule has 1 heteroatoms. The Morgan fingerprint density at radius 1 is 1.21 bits per heavy atom. The SMILES string of the molecule is CC1CC(C(O)C(C)C)CC(C)(C)C1. The van der Waals surface area contributed by atoms with Crippen molar-refractivity contribution >= 4 is 0 Å². The van der Waals surface area contributed by atoms with Crippen LogP contribution in [0, 0.1) is 23.2 Å². The molecule has 1 rings (SSSR count). The normalized spacial score (nSPS) is 34.5. The van der Waals surface area contributed by atoms with Crippen LogP contribution in [0.2, 0.25) is 0 Å². The summed E-state index contributed by atoms with van der Waals surface area (Å²) in [5.41, 5.74) is 0.429. The molecule has 0 aromatic rings. The van der Waals surface area contributed by atoms with Crippen molar-refractivity contribution in [1.82, 2.24) is 0 Å². The van der Waals surface area contributed by atoms with Crippen LogP contribution < -0.4 is 0 Å². The molecule has 1 aliphatic carbocycles. The van der Waals surface area contributed by atoms with Gasteiger partial charge in [0.2, 0.25) is 0 Å². The van der Waals surface area contributed by atoms with Crippen molar-refractivity contribution in [2.75, 3.05) is 0 Å². The molecule has 0 aromatic carbocycles. The zero-order valence-electron chi connectivity index (χ0n) is 10.4. The number of aliphatic hydroxyl groups excluding tert-OH is 1. The van der Waals surface area contributed by atoms with Gasteiger partial charge in [-0.05, 0) is 42.4 Å². The molecule has 0 amide bonds. The van der Waals surface area contributed by atoms with Crippen LogP contribution in [0.25, 0.3) is 0 Å². The van der Waals surface area contributed by atoms with Gasteiger partial charge in [-0.2, -0.15) is 0 Å². The van der Waals surface area contributed by atoms with Gasteiger partial charge in [0.1, 0.15) is 0 Å². The molecule has 3 atom stereocenters. The summed E-state index contributed by atoms with van der Waals surface area (Å²) in [6.45, 7) is 11.2. The fraction of sp³-hybridized carbons (Fsp3) is 1.00. The molecule has 0 bridgehead atoms. The summed E-state index contributed by atoms with van der Waals surface area (Å²) in [4.78, 5) is 0. The number of rotatable bonds is 2. The van der Waals surface area contributed by atoms with Gasteiger partial charge in [0.15, 0.2) is 0 Å². The van der Waals surface area contributed by atoms with E-state index in [0.29, 0.717) is 17.3 Å². The van der Waals surface area contributed by atoms with Crippen molar-refractivity contribution in [2.45, 2.75) is 60.0 Å². The first-order valence-electron chi connectivity index (χ1n) is 6.00. The molecule has 0 saturated heterocycles. The van der Waals surface area contributed by atoms with E-state index in [4.69, 9.17) is 0 Å². The van der Waals surface area contributed by atoms with Crippen LogP contribution in [0.5, 0.6) is 0 Å². The summed E-state index contributed by atoms with van der Waals surface area (Å²) in [6, 6.07) is 0. The third kappa shape index (κ3) is 2.98. The quantitative estimate of drug-likeness (QED) is 0.720. The lowest BCUT2D eigenvalue weighted by Gasteiger charge is -2.41. The van der Waals surface area contributed by atoms with E-state index < -0.39 is 0 Å². The summed E-state index contributed by atoms with van der Waals surface area (Å²) >= 11 is 0. The Balaban J connectivity index is 2.62. The highest BCUT2D eigenvalue weighted by atomic mass is 16.3. The second-order valence-electron chi connectivity index (χ2n) is 6.41. The van der Waals surface area contributed by atoms with Crippen molar-refractivity contribution in [2.24, 2.45) is 23.2 Å². The van der Waals surface area contributed by atoms with Crippen molar-refractivity contribution < 1.29 is 5.11 Å². The maximum atomic E-state index is 10.1. The van der Waals surface area contributed by atoms with Crippen LogP contribution in [-0.4, -0.2) is 11.2 Å². The molecule has 0 heterocycles. The third-order valence-electron chi connectivity index (χ3n) is 3.59. The standard InChI is InChI=1S/C13H26O/c1-9(2)12(14)11-6-10(3)7-13(4,5)8-11/h9-12,14H,6-8H2,1-5H3. The van der Waals surface area contributed by atoms with Gasteiger partial charge in [0.05, 0.1) is 6.10 Å². The van der Waals surface area contributed by atoms with E-state index in [1.165, 1.54) is 19.3 Å². The zero-order chi connectivity index (χ0) is 10.9. The molecule has 1 saturated carbocycles. The van der Waals surface area contributed by atoms with Gasteiger partial charge in [-0.1, -0.05) is 34.6 Å². The van der Waals surface area contributed by atoms with Crippen LogP contribution in [0.1, 0.15) is 53.9 Å². The summed E-state index contributed by atoms with van der Waals surface area (Å²) in [7, 11) is 0. The molecule has 14 heavy (non-hydrogen) atoms. The van der Waals surface area contributed by atoms with E-state index in [-0.39, 0.29) is 6.10 Å². The molecule has 3 unspecified atom stereocenters. The first-order valence-corrected chi connectivity index (χ1v) is 6.00. The second-order valence-corrected chi connectivity index (χ2v) is 6.41. The minimum absolute atomic E-state index is 0.1000. The highest BCUT2D eigenvalue weighted by molar-refractivity contribution is 4.86. The van der Waals surface area contributed by atoms with E-state index in [1.54, 1.807) is 0 Å². The Labute approximate surface area is 88.9 Å². The monoisotopic (exact) mass is 198 g/mol. The molecular weight excluding hydrogens is 172 g/mol. The highest BCUT2D eigenvalue weighted by Crippen LogP contribution is 2.43. The van der Waals surface area contributed by atoms with Gasteiger partial charge < -0.3 is 5.11 Å². The third-order valence-corrected chi connectivity index (χ3v) is 3.59. The number of hydrogen-bond donors (Lipinski definition) is 1. The van der Waals surface area contributed by atoms with E-state index in [9.17, 15) is 5.11 Å². The summed E-state index contributed by atoms with van der Waals surface area (Å²) in [6.07, 6.45) is 3.62. The molecule has 1 nitrogen and oxygen atoms in total. The van der Waals surface area contributed by atoms with Crippen LogP contribution in [-0.2, 0) is 0 Å². The maximum absolute atomic E-state index is 10.1. The lowest BCUT2D eigenvalue weighted by molar-refractivity contribution is 0.00158. The maximum Gasteiger partial charge on any atom is 0.0591 e. The molecule has 0 aromatic heterocycles. The van der Waals surface area contributed by atoms with Crippen LogP contribution >= 0.6 is 0 Å². The lowest BCUT2D eigenvalue weighted by atomic mass is 9.65. The van der Waals surface area contributed by atoms with Crippen molar-refractivity contribution in [3.8, 4) is 0 Å². The van der Waals surface area contributed by atoms with Gasteiger partial charge in [0.25, 0.3) is 0 Å². The van der Waals surface area contributed by atoms with Gasteiger partial charge in [0, 0.05) is 0 Å². The lowest BCUT2D eigenvalue weighted by Crippen LogP contribution is -2.36. The first kappa shape index (κ1) is 12.0. The molecule has 84 valence electrons. The zero-order valence-corrected chi connectivity index (χ0v) is 10.4. The fourth-order valence-corrected chi connectivity index (χ4v) is 3.22. The van der Waals surface area contributed by atoms with Gasteiger partial charge in [-0.15, -0.1) is 0 Å². The van der Waals surface area contributed by atoms with Crippen molar-refractivity contribution in [3.63, 3.8) is 0 Å². The smallest absolute Gasteiger partial charge is 0.0591 e. The van der Waals surface area contributed by atoms with Crippen LogP contribution in [0.15, 0.2) is 0 Å². The minimum Gasteiger partial charge on any atom is -0.393 e. The highest BCUT2D eigenvalue weighted by Gasteiger charge is 2.35. The number of hydrogen-bond acceptors (Lipinski definition) is 1. The Morgan fingerprint density at radius 2 is 1.79 bits per heavy atom. The van der Waals surface area contributed by atoms with Gasteiger partial charge in [-0.3, -0.25) is 0 Å².